The fourth-order valence-corrected chi connectivity index (χ4v) is 2.25. The van der Waals surface area contributed by atoms with Gasteiger partial charge in [-0.1, -0.05) is 20.8 Å². The number of carboxylic acids is 1. The molecule has 0 saturated carbocycles. The fraction of sp³-hybridized carbons (Fsp3) is 0.846. The van der Waals surface area contributed by atoms with Crippen LogP contribution < -0.4 is 0 Å². The number of piperidine rings is 1. The Kier molecular flexibility index (Phi) is 4.71. The highest BCUT2D eigenvalue weighted by molar-refractivity contribution is 5.84. The van der Waals surface area contributed by atoms with E-state index in [4.69, 9.17) is 5.11 Å². The third-order valence-electron chi connectivity index (χ3n) is 3.83. The topological polar surface area (TPSA) is 57.6 Å². The van der Waals surface area contributed by atoms with Crippen molar-refractivity contribution in [2.24, 2.45) is 11.3 Å². The Morgan fingerprint density at radius 3 is 2.30 bits per heavy atom. The first-order valence-electron chi connectivity index (χ1n) is 6.54. The van der Waals surface area contributed by atoms with E-state index in [0.717, 1.165) is 18.7 Å². The lowest BCUT2D eigenvalue weighted by Gasteiger charge is -2.38. The summed E-state index contributed by atoms with van der Waals surface area (Å²) in [6, 6.07) is -1.02. The Morgan fingerprint density at radius 2 is 1.85 bits per heavy atom. The van der Waals surface area contributed by atoms with E-state index in [-0.39, 0.29) is 18.9 Å². The van der Waals surface area contributed by atoms with Crippen molar-refractivity contribution in [2.45, 2.75) is 52.3 Å². The number of carbonyl (C=O) groups excluding carboxylic acids is 1. The van der Waals surface area contributed by atoms with E-state index in [1.807, 2.05) is 6.92 Å². The predicted octanol–water partition coefficient (Wildman–Crippen LogP) is 2.68. The van der Waals surface area contributed by atoms with Gasteiger partial charge in [0.2, 0.25) is 5.91 Å². The van der Waals surface area contributed by atoms with Crippen molar-refractivity contribution in [3.05, 3.63) is 0 Å². The predicted molar refractivity (Wildman–Crippen MR) is 66.0 cm³/mol. The molecule has 4 nitrogen and oxygen atoms in total. The molecule has 2 unspecified atom stereocenters. The summed E-state index contributed by atoms with van der Waals surface area (Å²) < 4.78 is 38.4. The molecule has 1 amide bonds. The van der Waals surface area contributed by atoms with Crippen molar-refractivity contribution < 1.29 is 27.9 Å². The zero-order valence-corrected chi connectivity index (χ0v) is 11.8. The molecule has 0 spiro atoms. The van der Waals surface area contributed by atoms with Gasteiger partial charge in [-0.05, 0) is 18.8 Å². The molecule has 0 aromatic rings. The summed E-state index contributed by atoms with van der Waals surface area (Å²) >= 11 is 0. The first kappa shape index (κ1) is 16.8. The SMILES string of the molecule is CC1CCN(C(=O)CC(C)(C)C(F)(F)F)C(C(=O)O)C1. The van der Waals surface area contributed by atoms with Crippen LogP contribution in [0.2, 0.25) is 0 Å². The van der Waals surface area contributed by atoms with E-state index >= 15 is 0 Å². The minimum absolute atomic E-state index is 0.149. The van der Waals surface area contributed by atoms with Crippen LogP contribution in [0, 0.1) is 11.3 Å². The Hall–Kier alpha value is -1.27. The van der Waals surface area contributed by atoms with Crippen molar-refractivity contribution >= 4 is 11.9 Å². The molecular formula is C13H20F3NO3. The quantitative estimate of drug-likeness (QED) is 0.871. The van der Waals surface area contributed by atoms with Crippen molar-refractivity contribution in [3.63, 3.8) is 0 Å². The molecule has 1 aliphatic heterocycles. The second kappa shape index (κ2) is 5.61. The van der Waals surface area contributed by atoms with Gasteiger partial charge in [-0.2, -0.15) is 13.2 Å². The number of carboxylic acid groups (broad SMARTS) is 1. The third kappa shape index (κ3) is 3.64. The van der Waals surface area contributed by atoms with Gasteiger partial charge >= 0.3 is 12.1 Å². The molecule has 1 aliphatic rings. The smallest absolute Gasteiger partial charge is 0.394 e. The van der Waals surface area contributed by atoms with Gasteiger partial charge in [-0.15, -0.1) is 0 Å². The summed E-state index contributed by atoms with van der Waals surface area (Å²) in [4.78, 5) is 24.3. The summed E-state index contributed by atoms with van der Waals surface area (Å²) in [5.74, 6) is -1.75. The minimum Gasteiger partial charge on any atom is -0.480 e. The van der Waals surface area contributed by atoms with Crippen LogP contribution in [-0.2, 0) is 9.59 Å². The maximum Gasteiger partial charge on any atom is 0.394 e. The van der Waals surface area contributed by atoms with Gasteiger partial charge in [-0.25, -0.2) is 4.79 Å². The van der Waals surface area contributed by atoms with Crippen LogP contribution >= 0.6 is 0 Å². The second-order valence-electron chi connectivity index (χ2n) is 6.13. The standard InChI is InChI=1S/C13H20F3NO3/c1-8-4-5-17(9(6-8)11(19)20)10(18)7-12(2,3)13(14,15)16/h8-9H,4-7H2,1-3H3,(H,19,20). The largest absolute Gasteiger partial charge is 0.480 e. The highest BCUT2D eigenvalue weighted by Gasteiger charge is 2.49. The number of nitrogens with zero attached hydrogens (tertiary/aromatic N) is 1. The molecule has 116 valence electrons. The van der Waals surface area contributed by atoms with Crippen molar-refractivity contribution in [1.82, 2.24) is 4.90 Å². The van der Waals surface area contributed by atoms with Gasteiger partial charge in [0.05, 0.1) is 5.41 Å². The molecule has 1 saturated heterocycles. The average Bonchev–Trinajstić information content (AvgIpc) is 2.26. The van der Waals surface area contributed by atoms with Crippen LogP contribution in [0.15, 0.2) is 0 Å². The highest BCUT2D eigenvalue weighted by Crippen LogP contribution is 2.41. The van der Waals surface area contributed by atoms with Crippen LogP contribution in [0.25, 0.3) is 0 Å². The van der Waals surface area contributed by atoms with Crippen molar-refractivity contribution in [1.29, 1.82) is 0 Å². The molecule has 1 heterocycles. The van der Waals surface area contributed by atoms with E-state index in [0.29, 0.717) is 6.42 Å². The van der Waals surface area contributed by atoms with E-state index in [1.165, 1.54) is 0 Å². The molecule has 7 heteroatoms. The number of amides is 1. The average molecular weight is 295 g/mol. The van der Waals surface area contributed by atoms with Gasteiger partial charge < -0.3 is 10.0 Å². The molecule has 2 atom stereocenters. The lowest BCUT2D eigenvalue weighted by atomic mass is 9.86. The molecule has 0 aromatic heterocycles. The van der Waals surface area contributed by atoms with Crippen molar-refractivity contribution in [2.75, 3.05) is 6.54 Å². The van der Waals surface area contributed by atoms with Crippen LogP contribution in [-0.4, -0.2) is 40.6 Å². The van der Waals surface area contributed by atoms with E-state index in [2.05, 4.69) is 0 Å². The number of rotatable bonds is 3. The van der Waals surface area contributed by atoms with Gasteiger partial charge in [-0.3, -0.25) is 4.79 Å². The molecule has 20 heavy (non-hydrogen) atoms. The number of hydrogen-bond acceptors (Lipinski definition) is 2. The normalized spacial score (nSPS) is 24.6. The van der Waals surface area contributed by atoms with E-state index in [9.17, 15) is 22.8 Å². The summed E-state index contributed by atoms with van der Waals surface area (Å²) in [5, 5.41) is 9.12. The zero-order chi connectivity index (χ0) is 15.7. The maximum absolute atomic E-state index is 12.8. The molecule has 0 bridgehead atoms. The summed E-state index contributed by atoms with van der Waals surface area (Å²) in [6.07, 6.45) is -4.32. The molecule has 1 fully saturated rings. The number of alkyl halides is 3. The van der Waals surface area contributed by atoms with Crippen LogP contribution in [0.3, 0.4) is 0 Å². The molecule has 0 aromatic carbocycles. The lowest BCUT2D eigenvalue weighted by molar-refractivity contribution is -0.215. The molecule has 0 radical (unpaired) electrons. The van der Waals surface area contributed by atoms with E-state index < -0.39 is 35.9 Å². The van der Waals surface area contributed by atoms with Gasteiger partial charge in [0.15, 0.2) is 0 Å². The third-order valence-corrected chi connectivity index (χ3v) is 3.83. The van der Waals surface area contributed by atoms with Gasteiger partial charge in [0.1, 0.15) is 6.04 Å². The summed E-state index contributed by atoms with van der Waals surface area (Å²) in [7, 11) is 0. The Bertz CT molecular complexity index is 393. The molecular weight excluding hydrogens is 275 g/mol. The number of halogens is 3. The molecule has 1 rings (SSSR count). The minimum atomic E-state index is -4.50. The van der Waals surface area contributed by atoms with E-state index in [1.54, 1.807) is 0 Å². The van der Waals surface area contributed by atoms with Gasteiger partial charge in [0, 0.05) is 13.0 Å². The van der Waals surface area contributed by atoms with Crippen molar-refractivity contribution in [3.8, 4) is 0 Å². The van der Waals surface area contributed by atoms with Crippen LogP contribution in [0.1, 0.15) is 40.0 Å². The number of hydrogen-bond donors (Lipinski definition) is 1. The second-order valence-corrected chi connectivity index (χ2v) is 6.13. The highest BCUT2D eigenvalue weighted by atomic mass is 19.4. The zero-order valence-electron chi connectivity index (χ0n) is 11.8. The monoisotopic (exact) mass is 295 g/mol. The molecule has 1 N–H and O–H groups in total. The van der Waals surface area contributed by atoms with Crippen LogP contribution in [0.5, 0.6) is 0 Å². The van der Waals surface area contributed by atoms with Gasteiger partial charge in [0.25, 0.3) is 0 Å². The first-order valence-corrected chi connectivity index (χ1v) is 6.54. The summed E-state index contributed by atoms with van der Waals surface area (Å²) in [5.41, 5.74) is -2.16. The summed E-state index contributed by atoms with van der Waals surface area (Å²) in [6.45, 7) is 3.98. The molecule has 0 aliphatic carbocycles. The number of carbonyl (C=O) groups is 2. The fourth-order valence-electron chi connectivity index (χ4n) is 2.25. The Balaban J connectivity index is 2.83. The first-order chi connectivity index (χ1) is 8.95. The maximum atomic E-state index is 12.8. The number of aliphatic carboxylic acids is 1. The number of likely N-dealkylation sites (tertiary alicyclic amines) is 1. The Labute approximate surface area is 115 Å². The van der Waals surface area contributed by atoms with Crippen LogP contribution in [0.4, 0.5) is 13.2 Å². The lowest BCUT2D eigenvalue weighted by Crippen LogP contribution is -2.51. The Morgan fingerprint density at radius 1 is 1.30 bits per heavy atom.